The Labute approximate surface area is 113 Å². The first kappa shape index (κ1) is 15.1. The Balaban J connectivity index is 2.49. The van der Waals surface area contributed by atoms with E-state index in [0.717, 1.165) is 11.3 Å². The molecule has 0 aliphatic carbocycles. The average Bonchev–Trinajstić information content (AvgIpc) is 2.65. The van der Waals surface area contributed by atoms with Crippen molar-refractivity contribution < 1.29 is 18.3 Å². The van der Waals surface area contributed by atoms with Crippen molar-refractivity contribution in [2.24, 2.45) is 0 Å². The first-order valence-corrected chi connectivity index (χ1v) is 8.02. The Morgan fingerprint density at radius 2 is 2.35 bits per heavy atom. The number of aliphatic hydroxyl groups excluding tert-OH is 1. The molecular formula is C9H14BrNO4S2. The van der Waals surface area contributed by atoms with Gasteiger partial charge < -0.3 is 9.84 Å². The van der Waals surface area contributed by atoms with E-state index in [1.54, 1.807) is 11.4 Å². The van der Waals surface area contributed by atoms with Gasteiger partial charge in [0.2, 0.25) is 0 Å². The SMILES string of the molecule is COCC(O)CCNS(=O)(=O)c1sccc1Br. The number of ether oxygens (including phenoxy) is 1. The van der Waals surface area contributed by atoms with Crippen molar-refractivity contribution in [3.63, 3.8) is 0 Å². The highest BCUT2D eigenvalue weighted by atomic mass is 79.9. The average molecular weight is 344 g/mol. The first-order chi connectivity index (χ1) is 7.97. The van der Waals surface area contributed by atoms with Gasteiger partial charge in [-0.05, 0) is 33.8 Å². The van der Waals surface area contributed by atoms with E-state index < -0.39 is 16.1 Å². The Morgan fingerprint density at radius 1 is 1.65 bits per heavy atom. The van der Waals surface area contributed by atoms with Gasteiger partial charge in [0, 0.05) is 18.1 Å². The van der Waals surface area contributed by atoms with E-state index in [4.69, 9.17) is 4.74 Å². The van der Waals surface area contributed by atoms with Crippen LogP contribution in [0, 0.1) is 0 Å². The van der Waals surface area contributed by atoms with Crippen LogP contribution in [0.25, 0.3) is 0 Å². The molecule has 5 nitrogen and oxygen atoms in total. The number of methoxy groups -OCH3 is 1. The zero-order chi connectivity index (χ0) is 12.9. The Morgan fingerprint density at radius 3 is 2.88 bits per heavy atom. The van der Waals surface area contributed by atoms with E-state index in [0.29, 0.717) is 10.9 Å². The van der Waals surface area contributed by atoms with Crippen LogP contribution in [0.15, 0.2) is 20.1 Å². The maximum Gasteiger partial charge on any atom is 0.251 e. The molecule has 1 rings (SSSR count). The zero-order valence-electron chi connectivity index (χ0n) is 9.22. The standard InChI is InChI=1S/C9H14BrNO4S2/c1-15-6-7(12)2-4-11-17(13,14)9-8(10)3-5-16-9/h3,5,7,11-12H,2,4,6H2,1H3. The number of nitrogens with one attached hydrogen (secondary N) is 1. The summed E-state index contributed by atoms with van der Waals surface area (Å²) >= 11 is 4.31. The molecule has 0 saturated heterocycles. The van der Waals surface area contributed by atoms with Crippen molar-refractivity contribution in [3.05, 3.63) is 15.9 Å². The molecule has 0 saturated carbocycles. The molecule has 8 heteroatoms. The maximum absolute atomic E-state index is 11.8. The molecule has 1 unspecified atom stereocenters. The van der Waals surface area contributed by atoms with Crippen LogP contribution in [0.5, 0.6) is 0 Å². The molecule has 98 valence electrons. The lowest BCUT2D eigenvalue weighted by Crippen LogP contribution is -2.28. The summed E-state index contributed by atoms with van der Waals surface area (Å²) in [7, 11) is -2.01. The minimum absolute atomic E-state index is 0.178. The van der Waals surface area contributed by atoms with Gasteiger partial charge in [0.05, 0.1) is 12.7 Å². The number of aliphatic hydroxyl groups is 1. The highest BCUT2D eigenvalue weighted by molar-refractivity contribution is 9.10. The topological polar surface area (TPSA) is 75.6 Å². The van der Waals surface area contributed by atoms with E-state index in [1.807, 2.05) is 0 Å². The fraction of sp³-hybridized carbons (Fsp3) is 0.556. The lowest BCUT2D eigenvalue weighted by atomic mass is 10.3. The first-order valence-electron chi connectivity index (χ1n) is 4.87. The van der Waals surface area contributed by atoms with Crippen LogP contribution in [0.4, 0.5) is 0 Å². The Hall–Kier alpha value is 0.01000. The molecule has 0 aliphatic rings. The van der Waals surface area contributed by atoms with Crippen molar-refractivity contribution in [2.45, 2.75) is 16.7 Å². The van der Waals surface area contributed by atoms with Crippen molar-refractivity contribution in [1.29, 1.82) is 0 Å². The molecule has 1 aromatic rings. The fourth-order valence-corrected chi connectivity index (χ4v) is 4.60. The van der Waals surface area contributed by atoms with Crippen LogP contribution in [-0.2, 0) is 14.8 Å². The van der Waals surface area contributed by atoms with E-state index >= 15 is 0 Å². The molecule has 0 fully saturated rings. The summed E-state index contributed by atoms with van der Waals surface area (Å²) in [5, 5.41) is 11.1. The highest BCUT2D eigenvalue weighted by Gasteiger charge is 2.18. The summed E-state index contributed by atoms with van der Waals surface area (Å²) in [6.45, 7) is 0.377. The lowest BCUT2D eigenvalue weighted by molar-refractivity contribution is 0.0603. The molecule has 0 amide bonds. The number of hydrogen-bond donors (Lipinski definition) is 2. The van der Waals surface area contributed by atoms with Crippen LogP contribution < -0.4 is 4.72 Å². The van der Waals surface area contributed by atoms with Gasteiger partial charge in [-0.2, -0.15) is 0 Å². The van der Waals surface area contributed by atoms with E-state index in [1.165, 1.54) is 7.11 Å². The van der Waals surface area contributed by atoms with Gasteiger partial charge >= 0.3 is 0 Å². The van der Waals surface area contributed by atoms with Gasteiger partial charge in [-0.3, -0.25) is 0 Å². The van der Waals surface area contributed by atoms with Crippen molar-refractivity contribution >= 4 is 37.3 Å². The van der Waals surface area contributed by atoms with Crippen LogP contribution in [0.1, 0.15) is 6.42 Å². The third kappa shape index (κ3) is 4.65. The van der Waals surface area contributed by atoms with Gasteiger partial charge in [0.15, 0.2) is 0 Å². The molecule has 1 heterocycles. The van der Waals surface area contributed by atoms with E-state index in [2.05, 4.69) is 20.7 Å². The van der Waals surface area contributed by atoms with Crippen LogP contribution >= 0.6 is 27.3 Å². The van der Waals surface area contributed by atoms with E-state index in [9.17, 15) is 13.5 Å². The molecular weight excluding hydrogens is 330 g/mol. The predicted molar refractivity (Wildman–Crippen MR) is 69.7 cm³/mol. The minimum Gasteiger partial charge on any atom is -0.391 e. The van der Waals surface area contributed by atoms with Crippen LogP contribution in [0.3, 0.4) is 0 Å². The quantitative estimate of drug-likeness (QED) is 0.779. The summed E-state index contributed by atoms with van der Waals surface area (Å²) in [6.07, 6.45) is -0.342. The molecule has 17 heavy (non-hydrogen) atoms. The summed E-state index contributed by atoms with van der Waals surface area (Å²) in [4.78, 5) is 0. The highest BCUT2D eigenvalue weighted by Crippen LogP contribution is 2.27. The largest absolute Gasteiger partial charge is 0.391 e. The number of halogens is 1. The molecule has 0 radical (unpaired) electrons. The van der Waals surface area contributed by atoms with Crippen LogP contribution in [-0.4, -0.2) is 39.9 Å². The van der Waals surface area contributed by atoms with Gasteiger partial charge in [-0.1, -0.05) is 0 Å². The second-order valence-electron chi connectivity index (χ2n) is 3.35. The van der Waals surface area contributed by atoms with Crippen molar-refractivity contribution in [1.82, 2.24) is 4.72 Å². The lowest BCUT2D eigenvalue weighted by Gasteiger charge is -2.10. The smallest absolute Gasteiger partial charge is 0.251 e. The van der Waals surface area contributed by atoms with Gasteiger partial charge in [-0.25, -0.2) is 13.1 Å². The van der Waals surface area contributed by atoms with Gasteiger partial charge in [0.1, 0.15) is 4.21 Å². The number of hydrogen-bond acceptors (Lipinski definition) is 5. The van der Waals surface area contributed by atoms with Gasteiger partial charge in [-0.15, -0.1) is 11.3 Å². The molecule has 2 N–H and O–H groups in total. The molecule has 0 aliphatic heterocycles. The number of thiophene rings is 1. The third-order valence-electron chi connectivity index (χ3n) is 1.96. The Bertz CT molecular complexity index is 446. The van der Waals surface area contributed by atoms with Crippen molar-refractivity contribution in [3.8, 4) is 0 Å². The molecule has 0 spiro atoms. The normalized spacial score (nSPS) is 13.8. The monoisotopic (exact) mass is 343 g/mol. The Kier molecular flexibility index (Phi) is 6.04. The molecule has 1 atom stereocenters. The minimum atomic E-state index is -3.49. The number of rotatable bonds is 7. The summed E-state index contributed by atoms with van der Waals surface area (Å²) in [5.74, 6) is 0. The fourth-order valence-electron chi connectivity index (χ4n) is 1.17. The zero-order valence-corrected chi connectivity index (χ0v) is 12.4. The molecule has 0 aromatic carbocycles. The van der Waals surface area contributed by atoms with Crippen molar-refractivity contribution in [2.75, 3.05) is 20.3 Å². The molecule has 1 aromatic heterocycles. The predicted octanol–water partition coefficient (Wildman–Crippen LogP) is 1.19. The second-order valence-corrected chi connectivity index (χ2v) is 7.08. The summed E-state index contributed by atoms with van der Waals surface area (Å²) in [6, 6.07) is 1.68. The summed E-state index contributed by atoms with van der Waals surface area (Å²) < 4.78 is 31.6. The maximum atomic E-state index is 11.8. The van der Waals surface area contributed by atoms with Gasteiger partial charge in [0.25, 0.3) is 10.0 Å². The molecule has 0 bridgehead atoms. The second kappa shape index (κ2) is 6.81. The van der Waals surface area contributed by atoms with Crippen LogP contribution in [0.2, 0.25) is 0 Å². The van der Waals surface area contributed by atoms with E-state index in [-0.39, 0.29) is 17.4 Å². The third-order valence-corrected chi connectivity index (χ3v) is 6.09. The summed E-state index contributed by atoms with van der Waals surface area (Å²) in [5.41, 5.74) is 0. The number of sulfonamides is 1.